The Morgan fingerprint density at radius 3 is 1.12 bits per heavy atom. The van der Waals surface area contributed by atoms with E-state index in [9.17, 15) is 46.0 Å². The second kappa shape index (κ2) is 40.7. The van der Waals surface area contributed by atoms with Crippen LogP contribution in [0.4, 0.5) is 0 Å². The number of aliphatic hydroxyl groups excluding tert-OH is 9. The molecule has 20 atom stereocenters. The van der Waals surface area contributed by atoms with Crippen LogP contribution in [-0.2, 0) is 44.9 Å². The lowest BCUT2D eigenvalue weighted by Gasteiger charge is -2.32. The quantitative estimate of drug-likeness (QED) is 0.0421. The van der Waals surface area contributed by atoms with Crippen LogP contribution >= 0.6 is 78.5 Å². The Hall–Kier alpha value is -4.24. The highest BCUT2D eigenvalue weighted by Gasteiger charge is 2.51. The Morgan fingerprint density at radius 2 is 0.761 bits per heavy atom. The summed E-state index contributed by atoms with van der Waals surface area (Å²) in [4.78, 5) is 23.1. The predicted octanol–water partition coefficient (Wildman–Crippen LogP) is 3.80. The summed E-state index contributed by atoms with van der Waals surface area (Å²) in [6.45, 7) is 32.6. The Morgan fingerprint density at radius 1 is 0.460 bits per heavy atom. The zero-order chi connectivity index (χ0) is 85.4. The van der Waals surface area contributed by atoms with Crippen LogP contribution in [0.25, 0.3) is 0 Å². The number of allylic oxidation sites excluding steroid dienone is 2. The van der Waals surface area contributed by atoms with Crippen molar-refractivity contribution in [3.63, 3.8) is 0 Å². The van der Waals surface area contributed by atoms with Crippen molar-refractivity contribution >= 4 is 128 Å². The minimum Gasteiger partial charge on any atom is -0.491 e. The molecule has 0 amide bonds. The van der Waals surface area contributed by atoms with Gasteiger partial charge in [0.1, 0.15) is 84.3 Å². The third-order valence-corrected chi connectivity index (χ3v) is 28.4. The van der Waals surface area contributed by atoms with Gasteiger partial charge in [0, 0.05) is 37.8 Å². The Labute approximate surface area is 689 Å². The van der Waals surface area contributed by atoms with E-state index in [0.717, 1.165) is 37.2 Å². The summed E-state index contributed by atoms with van der Waals surface area (Å²) in [5.74, 6) is 3.30. The van der Waals surface area contributed by atoms with Crippen LogP contribution in [0.3, 0.4) is 0 Å². The fraction of sp³-hybridized carbons (Fsp3) is 0.608. The van der Waals surface area contributed by atoms with Crippen molar-refractivity contribution in [2.24, 2.45) is 45.0 Å². The lowest BCUT2D eigenvalue weighted by molar-refractivity contribution is -0.686. The van der Waals surface area contributed by atoms with E-state index in [4.69, 9.17) is 73.0 Å². The van der Waals surface area contributed by atoms with Gasteiger partial charge in [-0.1, -0.05) is 31.3 Å². The number of ether oxygens (including phenoxy) is 8. The van der Waals surface area contributed by atoms with E-state index in [-0.39, 0.29) is 23.9 Å². The molecule has 9 aliphatic heterocycles. The number of rotatable bonds is 23. The maximum Gasteiger partial charge on any atom is 0.333 e. The Kier molecular flexibility index (Phi) is 35.1. The van der Waals surface area contributed by atoms with Gasteiger partial charge in [0.2, 0.25) is 12.1 Å². The monoisotopic (exact) mass is 1830 g/mol. The van der Waals surface area contributed by atoms with Crippen LogP contribution in [0.2, 0.25) is 0 Å². The van der Waals surface area contributed by atoms with Crippen LogP contribution in [-0.4, -0.2) is 359 Å². The van der Waals surface area contributed by atoms with E-state index in [1.54, 1.807) is 82.1 Å². The molecule has 1 aromatic rings. The average molecular weight is 1830 g/mol. The van der Waals surface area contributed by atoms with Crippen molar-refractivity contribution in [1.29, 1.82) is 0 Å². The van der Waals surface area contributed by atoms with E-state index in [1.165, 1.54) is 19.1 Å². The molecule has 638 valence electrons. The fourth-order valence-electron chi connectivity index (χ4n) is 12.8. The van der Waals surface area contributed by atoms with Gasteiger partial charge in [-0.25, -0.2) is 24.1 Å². The molecule has 0 saturated carbocycles. The lowest BCUT2D eigenvalue weighted by Crippen LogP contribution is -2.43. The number of aliphatic hydroxyl groups is 9. The largest absolute Gasteiger partial charge is 0.491 e. The Balaban J connectivity index is 0.000000220. The molecule has 0 aliphatic carbocycles. The van der Waals surface area contributed by atoms with Crippen LogP contribution in [0.1, 0.15) is 44.2 Å². The van der Waals surface area contributed by atoms with Crippen LogP contribution in [0, 0.1) is 11.7 Å². The summed E-state index contributed by atoms with van der Waals surface area (Å²) >= 11 is 11.8. The number of halogens is 2. The van der Waals surface area contributed by atoms with Gasteiger partial charge in [-0.2, -0.15) is 0 Å². The number of nitrogens with two attached hydrogens (primary N) is 4. The second-order valence-electron chi connectivity index (χ2n) is 32.6. The molecule has 10 heterocycles. The summed E-state index contributed by atoms with van der Waals surface area (Å²) in [6.07, 6.45) is 24.4. The number of amidine groups is 3. The number of methoxy groups -OCH3 is 3. The SMILES string of the molecule is C=C1C=C(N)C(Br)=CN1[C@@H]1O[C@H](CCP(=C)(C)C)[C@@H](O)[C@H]1O.C=C1N=C(N)C(Br)=CN1[C@@H]1O[C@H](CCP(=C)(C)C)[C@@H](O)[C@H]1O.C=C1N=C(N)C(OC)=CN1[C@@H]1O[C@H](CCP(=C)(C)C)[C@@H](O)[C@H]1O.C=C1N=C(N)C(OC)=CN1[C@@H]1O[C@H](CCP(=C)(C)C)[C@@H](O)[C@H]1OC.C=P(C)(C)CC[C@H]1O[C@@H](n2c[n+](C)c(=S)nc2C)[C@H](O)[C@@H]1O. The van der Waals surface area contributed by atoms with Gasteiger partial charge in [0.15, 0.2) is 54.4 Å². The first-order chi connectivity index (χ1) is 52.1. The van der Waals surface area contributed by atoms with E-state index >= 15 is 0 Å². The van der Waals surface area contributed by atoms with E-state index in [2.05, 4.69) is 176 Å². The smallest absolute Gasteiger partial charge is 0.333 e. The van der Waals surface area contributed by atoms with Gasteiger partial charge in [0.25, 0.3) is 0 Å². The zero-order valence-corrected chi connectivity index (χ0v) is 76.4. The molecule has 1 aromatic heterocycles. The van der Waals surface area contributed by atoms with Gasteiger partial charge in [0.05, 0.1) is 73.2 Å². The first-order valence-electron chi connectivity index (χ1n) is 36.5. The average Bonchev–Trinajstić information content (AvgIpc) is 1.68. The highest BCUT2D eigenvalue weighted by atomic mass is 79.9. The zero-order valence-electron chi connectivity index (χ0n) is 67.9. The number of aryl methyl sites for hydroxylation is 2. The molecule has 5 saturated heterocycles. The highest BCUT2D eigenvalue weighted by Crippen LogP contribution is 2.45. The molecule has 0 spiro atoms. The van der Waals surface area contributed by atoms with Crippen LogP contribution < -0.4 is 27.5 Å². The van der Waals surface area contributed by atoms with Crippen LogP contribution in [0.15, 0.2) is 128 Å². The van der Waals surface area contributed by atoms with Crippen molar-refractivity contribution in [1.82, 2.24) is 29.2 Å². The van der Waals surface area contributed by atoms with Crippen molar-refractivity contribution in [2.45, 2.75) is 162 Å². The molecule has 0 aromatic carbocycles. The minimum absolute atomic E-state index is 0.210. The normalized spacial score (nSPS) is 31.6. The minimum atomic E-state index is -1.23. The molecule has 0 bridgehead atoms. The van der Waals surface area contributed by atoms with Crippen molar-refractivity contribution in [3.8, 4) is 0 Å². The first-order valence-corrected chi connectivity index (χ1v) is 53.8. The number of aliphatic imine (C=N–C) groups is 3. The summed E-state index contributed by atoms with van der Waals surface area (Å²) in [6, 6.07) is 0. The van der Waals surface area contributed by atoms with Crippen molar-refractivity contribution < 1.29 is 88.4 Å². The first kappa shape index (κ1) is 97.6. The number of nitrogens with zero attached hydrogens (tertiary/aromatic N) is 10. The third kappa shape index (κ3) is 26.9. The molecule has 113 heavy (non-hydrogen) atoms. The predicted molar refractivity (Wildman–Crippen MR) is 475 cm³/mol. The Bertz CT molecular complexity index is 4090. The maximum atomic E-state index is 10.6. The molecule has 0 radical (unpaired) electrons. The standard InChI is InChI=1S/C16H28N3O4P.C15H24BrN2O3P.C15H26N3O4P.C14H23BrN3O3P.C14H25N3O3PS/c1-10-18-15(17)12(21-2)9-19(10)16-14(22-3)13(20)11(23-16)7-8-24(4,5)6;1-9-7-11(17)10(16)8-18(9)15-14(20)13(19)12(21-15)5-6-22(2,3)4;1-9-17-14(16)11(21-2)8-18(9)15-13(20)12(19)10(22-15)6-7-23(3,4)5;1-8-17-13(16)9(15)7-18(8)14-12(20)11(19)10(21-14)5-6-22(2,3)4;1-9-15-14(22)16(2)8-17(9)13-12(19)11(18)10(20-13)6-7-21(3,4)5/h9,11,13-14,16,20H,1,4,7-8H2,2-3,5-6H3,(H2,17,18);7-8,12-15,19-20H,1-2,5-6,17H2,3-4H3;8,10,12-13,15,19-20H,1,3,6-7H2,2,4-5H3,(H2,16,17);7,10-12,14,19-20H,1-2,5-6H2,3-4H3,(H2,16,17);8,10-13,18-19H,3,6-7H2,1-2,4-5H3/q;;;;+1/t11-,13-,14-,16-;12-,13-,14-,15-;10-,12-,13-,15-;10-,11-,12-,14-;10-,11-,12-,13-/m11111/s1. The summed E-state index contributed by atoms with van der Waals surface area (Å²) in [5, 5.41) is 92.9. The van der Waals surface area contributed by atoms with Crippen molar-refractivity contribution in [3.05, 3.63) is 123 Å². The molecular formula is C74H126Br2N14O17P5S+. The molecule has 10 rings (SSSR count). The van der Waals surface area contributed by atoms with Gasteiger partial charge in [-0.05, 0) is 180 Å². The summed E-state index contributed by atoms with van der Waals surface area (Å²) in [5.41, 5.74) is 24.2. The van der Waals surface area contributed by atoms with E-state index < -0.39 is 145 Å². The molecule has 5 fully saturated rings. The molecule has 39 heteroatoms. The molecule has 31 nitrogen and oxygen atoms in total. The van der Waals surface area contributed by atoms with Crippen LogP contribution in [0.5, 0.6) is 0 Å². The topological polar surface area (TPSA) is 432 Å². The fourth-order valence-corrected chi connectivity index (χ4v) is 18.4. The second-order valence-corrected chi connectivity index (χ2v) is 56.2. The molecular weight excluding hydrogens is 1700 g/mol. The molecule has 9 aliphatic rings. The van der Waals surface area contributed by atoms with E-state index in [1.807, 2.05) is 0 Å². The summed E-state index contributed by atoms with van der Waals surface area (Å²) < 4.78 is 50.6. The maximum absolute atomic E-state index is 10.6. The number of hydrogen-bond donors (Lipinski definition) is 13. The molecule has 17 N–H and O–H groups in total. The number of hydrogen-bond acceptors (Lipinski definition) is 30. The van der Waals surface area contributed by atoms with Gasteiger partial charge in [-0.15, -0.1) is 65.9 Å². The molecule has 0 unspecified atom stereocenters. The lowest BCUT2D eigenvalue weighted by atomic mass is 10.1. The third-order valence-electron chi connectivity index (χ3n) is 19.4. The summed E-state index contributed by atoms with van der Waals surface area (Å²) in [7, 11) is 6.33. The van der Waals surface area contributed by atoms with Gasteiger partial charge in [-0.3, -0.25) is 0 Å². The van der Waals surface area contributed by atoms with Crippen molar-refractivity contribution in [2.75, 3.05) is 119 Å². The highest BCUT2D eigenvalue weighted by molar-refractivity contribution is 9.12. The van der Waals surface area contributed by atoms with Gasteiger partial charge >= 0.3 is 4.77 Å². The van der Waals surface area contributed by atoms with E-state index in [0.29, 0.717) is 91.5 Å². The number of aromatic nitrogens is 3. The van der Waals surface area contributed by atoms with Gasteiger partial charge < -0.3 is 126 Å².